The van der Waals surface area contributed by atoms with Gasteiger partial charge in [-0.2, -0.15) is 0 Å². The lowest BCUT2D eigenvalue weighted by Gasteiger charge is -2.07. The average Bonchev–Trinajstić information content (AvgIpc) is 2.67. The number of anilines is 1. The molecule has 0 aliphatic heterocycles. The lowest BCUT2D eigenvalue weighted by atomic mass is 10.2. The first-order chi connectivity index (χ1) is 13.0. The SMILES string of the molecule is O=C(CSc1nnc(-c2ccccc2)c(=O)[nH]1)Nc1ccc(F)c(F)c1F. The third-order valence-electron chi connectivity index (χ3n) is 3.37. The number of amides is 1. The van der Waals surface area contributed by atoms with E-state index in [4.69, 9.17) is 0 Å². The standard InChI is InChI=1S/C17H11F3N4O2S/c18-10-6-7-11(14(20)13(10)19)21-12(25)8-27-17-22-16(26)15(23-24-17)9-4-2-1-3-5-9/h1-7H,8H2,(H,21,25)(H,22,24,26). The van der Waals surface area contributed by atoms with Crippen LogP contribution in [0.15, 0.2) is 52.4 Å². The second kappa shape index (κ2) is 8.04. The molecule has 0 aliphatic rings. The van der Waals surface area contributed by atoms with Crippen LogP contribution in [0.1, 0.15) is 0 Å². The molecule has 10 heteroatoms. The molecule has 1 heterocycles. The number of aromatic nitrogens is 3. The number of rotatable bonds is 5. The van der Waals surface area contributed by atoms with Gasteiger partial charge in [-0.05, 0) is 12.1 Å². The van der Waals surface area contributed by atoms with Crippen molar-refractivity contribution in [2.45, 2.75) is 5.16 Å². The lowest BCUT2D eigenvalue weighted by Crippen LogP contribution is -2.18. The summed E-state index contributed by atoms with van der Waals surface area (Å²) < 4.78 is 39.6. The van der Waals surface area contributed by atoms with Gasteiger partial charge < -0.3 is 5.32 Å². The number of H-pyrrole nitrogens is 1. The Balaban J connectivity index is 1.65. The summed E-state index contributed by atoms with van der Waals surface area (Å²) in [5.74, 6) is -5.47. The summed E-state index contributed by atoms with van der Waals surface area (Å²) in [6.07, 6.45) is 0. The van der Waals surface area contributed by atoms with Crippen molar-refractivity contribution < 1.29 is 18.0 Å². The Bertz CT molecular complexity index is 1040. The molecule has 0 fully saturated rings. The van der Waals surface area contributed by atoms with Crippen molar-refractivity contribution in [2.75, 3.05) is 11.1 Å². The van der Waals surface area contributed by atoms with E-state index in [1.165, 1.54) is 0 Å². The summed E-state index contributed by atoms with van der Waals surface area (Å²) in [7, 11) is 0. The van der Waals surface area contributed by atoms with Crippen molar-refractivity contribution in [3.63, 3.8) is 0 Å². The smallest absolute Gasteiger partial charge is 0.278 e. The summed E-state index contributed by atoms with van der Waals surface area (Å²) in [6, 6.07) is 10.3. The van der Waals surface area contributed by atoms with Crippen molar-refractivity contribution in [1.82, 2.24) is 15.2 Å². The highest BCUT2D eigenvalue weighted by Gasteiger charge is 2.16. The number of hydrogen-bond acceptors (Lipinski definition) is 5. The van der Waals surface area contributed by atoms with Crippen molar-refractivity contribution >= 4 is 23.4 Å². The quantitative estimate of drug-likeness (QED) is 0.515. The minimum Gasteiger partial charge on any atom is -0.323 e. The van der Waals surface area contributed by atoms with E-state index in [0.29, 0.717) is 11.6 Å². The van der Waals surface area contributed by atoms with E-state index in [-0.39, 0.29) is 16.6 Å². The van der Waals surface area contributed by atoms with Gasteiger partial charge >= 0.3 is 0 Å². The van der Waals surface area contributed by atoms with Crippen LogP contribution >= 0.6 is 11.8 Å². The van der Waals surface area contributed by atoms with E-state index >= 15 is 0 Å². The zero-order valence-corrected chi connectivity index (χ0v) is 14.3. The largest absolute Gasteiger partial charge is 0.323 e. The maximum atomic E-state index is 13.5. The van der Waals surface area contributed by atoms with Gasteiger partial charge in [-0.25, -0.2) is 13.2 Å². The monoisotopic (exact) mass is 392 g/mol. The van der Waals surface area contributed by atoms with E-state index in [9.17, 15) is 22.8 Å². The summed E-state index contributed by atoms with van der Waals surface area (Å²) in [6.45, 7) is 0. The van der Waals surface area contributed by atoms with Crippen LogP contribution in [0, 0.1) is 17.5 Å². The Kier molecular flexibility index (Phi) is 5.55. The van der Waals surface area contributed by atoms with Crippen molar-refractivity contribution in [1.29, 1.82) is 0 Å². The average molecular weight is 392 g/mol. The van der Waals surface area contributed by atoms with E-state index < -0.39 is 34.6 Å². The molecule has 27 heavy (non-hydrogen) atoms. The van der Waals surface area contributed by atoms with Crippen LogP contribution in [0.4, 0.5) is 18.9 Å². The first-order valence-corrected chi connectivity index (χ1v) is 8.53. The maximum Gasteiger partial charge on any atom is 0.278 e. The summed E-state index contributed by atoms with van der Waals surface area (Å²) in [5, 5.41) is 9.88. The number of carbonyl (C=O) groups excluding carboxylic acids is 1. The van der Waals surface area contributed by atoms with Crippen LogP contribution in [0.3, 0.4) is 0 Å². The van der Waals surface area contributed by atoms with Gasteiger partial charge in [-0.15, -0.1) is 10.2 Å². The zero-order valence-electron chi connectivity index (χ0n) is 13.5. The number of aromatic amines is 1. The topological polar surface area (TPSA) is 87.7 Å². The van der Waals surface area contributed by atoms with Gasteiger partial charge in [0.1, 0.15) is 0 Å². The highest BCUT2D eigenvalue weighted by molar-refractivity contribution is 7.99. The molecule has 0 aliphatic carbocycles. The van der Waals surface area contributed by atoms with Crippen LogP contribution in [0.25, 0.3) is 11.3 Å². The molecule has 1 aromatic heterocycles. The number of halogens is 3. The van der Waals surface area contributed by atoms with Gasteiger partial charge in [0.15, 0.2) is 28.3 Å². The normalized spacial score (nSPS) is 10.6. The van der Waals surface area contributed by atoms with Crippen molar-refractivity contribution in [2.24, 2.45) is 0 Å². The Morgan fingerprint density at radius 3 is 2.48 bits per heavy atom. The molecular weight excluding hydrogens is 381 g/mol. The molecule has 6 nitrogen and oxygen atoms in total. The summed E-state index contributed by atoms with van der Waals surface area (Å²) in [4.78, 5) is 26.4. The van der Waals surface area contributed by atoms with Crippen LogP contribution < -0.4 is 10.9 Å². The number of nitrogens with one attached hydrogen (secondary N) is 2. The second-order valence-electron chi connectivity index (χ2n) is 5.23. The van der Waals surface area contributed by atoms with E-state index in [2.05, 4.69) is 20.5 Å². The molecule has 2 N–H and O–H groups in total. The van der Waals surface area contributed by atoms with E-state index in [0.717, 1.165) is 17.8 Å². The van der Waals surface area contributed by atoms with Crippen LogP contribution in [0.5, 0.6) is 0 Å². The molecule has 3 rings (SSSR count). The third kappa shape index (κ3) is 4.34. The highest BCUT2D eigenvalue weighted by Crippen LogP contribution is 2.20. The Morgan fingerprint density at radius 2 is 1.78 bits per heavy atom. The molecule has 0 bridgehead atoms. The number of benzene rings is 2. The van der Waals surface area contributed by atoms with Gasteiger partial charge in [0.2, 0.25) is 5.91 Å². The van der Waals surface area contributed by atoms with Gasteiger partial charge in [0, 0.05) is 5.56 Å². The molecule has 0 unspecified atom stereocenters. The molecular formula is C17H11F3N4O2S. The number of hydrogen-bond donors (Lipinski definition) is 2. The fourth-order valence-corrected chi connectivity index (χ4v) is 2.72. The Labute approximate surface area is 154 Å². The van der Waals surface area contributed by atoms with Crippen LogP contribution in [-0.2, 0) is 4.79 Å². The summed E-state index contributed by atoms with van der Waals surface area (Å²) >= 11 is 0.848. The van der Waals surface area contributed by atoms with Crippen molar-refractivity contribution in [3.05, 3.63) is 70.3 Å². The minimum atomic E-state index is -1.67. The predicted molar refractivity (Wildman–Crippen MR) is 93.8 cm³/mol. The number of thioether (sulfide) groups is 1. The predicted octanol–water partition coefficient (Wildman–Crippen LogP) is 2.98. The first-order valence-electron chi connectivity index (χ1n) is 7.54. The molecule has 138 valence electrons. The number of carbonyl (C=O) groups is 1. The van der Waals surface area contributed by atoms with Crippen molar-refractivity contribution in [3.8, 4) is 11.3 Å². The van der Waals surface area contributed by atoms with Crippen LogP contribution in [0.2, 0.25) is 0 Å². The van der Waals surface area contributed by atoms with Crippen LogP contribution in [-0.4, -0.2) is 26.8 Å². The lowest BCUT2D eigenvalue weighted by molar-refractivity contribution is -0.113. The zero-order chi connectivity index (χ0) is 19.4. The highest BCUT2D eigenvalue weighted by atomic mass is 32.2. The fraction of sp³-hybridized carbons (Fsp3) is 0.0588. The number of nitrogens with zero attached hydrogens (tertiary/aromatic N) is 2. The summed E-state index contributed by atoms with van der Waals surface area (Å²) in [5.41, 5.74) is -0.244. The molecule has 0 spiro atoms. The van der Waals surface area contributed by atoms with E-state index in [1.54, 1.807) is 30.3 Å². The third-order valence-corrected chi connectivity index (χ3v) is 4.24. The van der Waals surface area contributed by atoms with Gasteiger partial charge in [0.05, 0.1) is 11.4 Å². The molecule has 1 amide bonds. The molecule has 3 aromatic rings. The fourth-order valence-electron chi connectivity index (χ4n) is 2.11. The Hall–Kier alpha value is -3.14. The minimum absolute atomic E-state index is 0.0839. The molecule has 0 saturated carbocycles. The molecule has 0 atom stereocenters. The molecule has 0 radical (unpaired) electrons. The molecule has 2 aromatic carbocycles. The van der Waals surface area contributed by atoms with Gasteiger partial charge in [0.25, 0.3) is 5.56 Å². The maximum absolute atomic E-state index is 13.5. The Morgan fingerprint density at radius 1 is 1.04 bits per heavy atom. The van der Waals surface area contributed by atoms with Gasteiger partial charge in [-0.3, -0.25) is 14.6 Å². The first kappa shape index (κ1) is 18.6. The second-order valence-corrected chi connectivity index (χ2v) is 6.20. The molecule has 0 saturated heterocycles. The van der Waals surface area contributed by atoms with Gasteiger partial charge in [-0.1, -0.05) is 42.1 Å². The van der Waals surface area contributed by atoms with E-state index in [1.807, 2.05) is 0 Å².